The summed E-state index contributed by atoms with van der Waals surface area (Å²) in [5.41, 5.74) is 0.766. The van der Waals surface area contributed by atoms with Gasteiger partial charge in [-0.2, -0.15) is 0 Å². The molecular formula is C8H12O2S. The number of carbonyl (C=O) groups excluding carboxylic acids is 1. The van der Waals surface area contributed by atoms with E-state index in [1.165, 1.54) is 0 Å². The van der Waals surface area contributed by atoms with Gasteiger partial charge < -0.3 is 4.74 Å². The first-order chi connectivity index (χ1) is 5.25. The van der Waals surface area contributed by atoms with E-state index in [-0.39, 0.29) is 5.97 Å². The minimum atomic E-state index is -0.178. The molecular weight excluding hydrogens is 160 g/mol. The molecule has 0 amide bonds. The van der Waals surface area contributed by atoms with E-state index in [0.29, 0.717) is 6.61 Å². The molecule has 62 valence electrons. The van der Waals surface area contributed by atoms with E-state index >= 15 is 0 Å². The Kier molecular flexibility index (Phi) is 3.00. The normalized spacial score (nSPS) is 22.9. The van der Waals surface area contributed by atoms with Crippen LogP contribution in [0, 0.1) is 0 Å². The average Bonchev–Trinajstić information content (AvgIpc) is 2.04. The number of carbonyl (C=O) groups is 1. The molecule has 0 aromatic heterocycles. The van der Waals surface area contributed by atoms with Crippen molar-refractivity contribution < 1.29 is 9.53 Å². The van der Waals surface area contributed by atoms with Gasteiger partial charge in [0.2, 0.25) is 0 Å². The van der Waals surface area contributed by atoms with E-state index in [2.05, 4.69) is 12.6 Å². The Balaban J connectivity index is 2.75. The lowest BCUT2D eigenvalue weighted by Crippen LogP contribution is -2.16. The van der Waals surface area contributed by atoms with Crippen molar-refractivity contribution in [1.82, 2.24) is 0 Å². The molecule has 1 aliphatic heterocycles. The maximum absolute atomic E-state index is 11.1. The molecule has 1 saturated heterocycles. The Bertz CT molecular complexity index is 196. The summed E-state index contributed by atoms with van der Waals surface area (Å²) < 4.78 is 4.87. The van der Waals surface area contributed by atoms with Gasteiger partial charge in [-0.3, -0.25) is 0 Å². The van der Waals surface area contributed by atoms with Gasteiger partial charge in [-0.05, 0) is 24.2 Å². The molecule has 1 fully saturated rings. The van der Waals surface area contributed by atoms with Crippen LogP contribution in [0.15, 0.2) is 10.5 Å². The molecule has 0 radical (unpaired) electrons. The molecule has 0 unspecified atom stereocenters. The second-order valence-corrected chi connectivity index (χ2v) is 3.06. The third kappa shape index (κ3) is 1.99. The molecule has 1 aliphatic rings. The van der Waals surface area contributed by atoms with Crippen molar-refractivity contribution in [2.45, 2.75) is 26.2 Å². The number of hydrogen-bond acceptors (Lipinski definition) is 3. The molecule has 3 heteroatoms. The first-order valence-electron chi connectivity index (χ1n) is 3.83. The van der Waals surface area contributed by atoms with Gasteiger partial charge in [-0.15, -0.1) is 12.6 Å². The molecule has 0 aromatic carbocycles. The topological polar surface area (TPSA) is 26.3 Å². The molecule has 2 nitrogen and oxygen atoms in total. The monoisotopic (exact) mass is 172 g/mol. The average molecular weight is 172 g/mol. The fourth-order valence-corrected chi connectivity index (χ4v) is 1.28. The van der Waals surface area contributed by atoms with Crippen molar-refractivity contribution in [2.24, 2.45) is 0 Å². The number of cyclic esters (lactones) is 1. The molecule has 0 atom stereocenters. The summed E-state index contributed by atoms with van der Waals surface area (Å²) in [6.07, 6.45) is 2.57. The Labute approximate surface area is 72.0 Å². The molecule has 11 heavy (non-hydrogen) atoms. The summed E-state index contributed by atoms with van der Waals surface area (Å²) >= 11 is 4.21. The summed E-state index contributed by atoms with van der Waals surface area (Å²) in [6.45, 7) is 2.55. The third-order valence-corrected chi connectivity index (χ3v) is 2.32. The lowest BCUT2D eigenvalue weighted by Gasteiger charge is -2.15. The number of hydrogen-bond donors (Lipinski definition) is 1. The van der Waals surface area contributed by atoms with Crippen molar-refractivity contribution >= 4 is 18.6 Å². The van der Waals surface area contributed by atoms with Gasteiger partial charge in [0.15, 0.2) is 0 Å². The van der Waals surface area contributed by atoms with Crippen LogP contribution >= 0.6 is 12.6 Å². The van der Waals surface area contributed by atoms with Crippen LogP contribution in [0.2, 0.25) is 0 Å². The van der Waals surface area contributed by atoms with E-state index in [4.69, 9.17) is 4.74 Å². The summed E-state index contributed by atoms with van der Waals surface area (Å²) in [7, 11) is 0. The highest BCUT2D eigenvalue weighted by Crippen LogP contribution is 2.22. The summed E-state index contributed by atoms with van der Waals surface area (Å²) in [4.78, 5) is 11.9. The highest BCUT2D eigenvalue weighted by Gasteiger charge is 2.18. The molecule has 0 saturated carbocycles. The smallest absolute Gasteiger partial charge is 0.334 e. The Hall–Kier alpha value is -0.440. The molecule has 0 bridgehead atoms. The number of rotatable bonds is 1. The fourth-order valence-electron chi connectivity index (χ4n) is 1.08. The maximum Gasteiger partial charge on any atom is 0.334 e. The van der Waals surface area contributed by atoms with Crippen molar-refractivity contribution in [1.29, 1.82) is 0 Å². The van der Waals surface area contributed by atoms with E-state index in [1.807, 2.05) is 6.92 Å². The van der Waals surface area contributed by atoms with Gasteiger partial charge in [0.1, 0.15) is 0 Å². The minimum absolute atomic E-state index is 0.178. The maximum atomic E-state index is 11.1. The van der Waals surface area contributed by atoms with Crippen LogP contribution in [0.3, 0.4) is 0 Å². The number of ether oxygens (including phenoxy) is 1. The van der Waals surface area contributed by atoms with Crippen LogP contribution in [0.4, 0.5) is 0 Å². The molecule has 0 N–H and O–H groups in total. The van der Waals surface area contributed by atoms with Crippen LogP contribution in [-0.4, -0.2) is 12.6 Å². The van der Waals surface area contributed by atoms with Gasteiger partial charge in [-0.1, -0.05) is 6.92 Å². The molecule has 0 spiro atoms. The van der Waals surface area contributed by atoms with Crippen molar-refractivity contribution in [3.05, 3.63) is 10.5 Å². The van der Waals surface area contributed by atoms with Crippen LogP contribution in [0.25, 0.3) is 0 Å². The quantitative estimate of drug-likeness (QED) is 0.371. The highest BCUT2D eigenvalue weighted by atomic mass is 32.1. The second-order valence-electron chi connectivity index (χ2n) is 2.52. The first kappa shape index (κ1) is 8.65. The fraction of sp³-hybridized carbons (Fsp3) is 0.625. The standard InChI is InChI=1S/C8H12O2S/c1-2-7(11)6-4-3-5-10-8(6)9/h11H,2-5H2,1H3/b7-6-. The highest BCUT2D eigenvalue weighted by molar-refractivity contribution is 7.84. The predicted molar refractivity (Wildman–Crippen MR) is 46.5 cm³/mol. The van der Waals surface area contributed by atoms with Crippen LogP contribution in [0.1, 0.15) is 26.2 Å². The zero-order valence-electron chi connectivity index (χ0n) is 6.59. The van der Waals surface area contributed by atoms with E-state index in [0.717, 1.165) is 29.7 Å². The second kappa shape index (κ2) is 3.81. The lowest BCUT2D eigenvalue weighted by molar-refractivity contribution is -0.141. The third-order valence-electron chi connectivity index (χ3n) is 1.73. The van der Waals surface area contributed by atoms with Crippen molar-refractivity contribution in [2.75, 3.05) is 6.61 Å². The zero-order valence-corrected chi connectivity index (χ0v) is 7.49. The largest absolute Gasteiger partial charge is 0.462 e. The molecule has 1 heterocycles. The zero-order chi connectivity index (χ0) is 8.27. The molecule has 0 aliphatic carbocycles. The first-order valence-corrected chi connectivity index (χ1v) is 4.28. The Morgan fingerprint density at radius 3 is 3.00 bits per heavy atom. The number of allylic oxidation sites excluding steroid dienone is 1. The van der Waals surface area contributed by atoms with E-state index in [1.54, 1.807) is 0 Å². The number of thiol groups is 1. The van der Waals surface area contributed by atoms with Crippen LogP contribution < -0.4 is 0 Å². The Morgan fingerprint density at radius 2 is 2.45 bits per heavy atom. The van der Waals surface area contributed by atoms with E-state index < -0.39 is 0 Å². The number of esters is 1. The predicted octanol–water partition coefficient (Wildman–Crippen LogP) is 1.92. The van der Waals surface area contributed by atoms with Crippen molar-refractivity contribution in [3.8, 4) is 0 Å². The van der Waals surface area contributed by atoms with Gasteiger partial charge in [0, 0.05) is 5.57 Å². The van der Waals surface area contributed by atoms with Crippen molar-refractivity contribution in [3.63, 3.8) is 0 Å². The van der Waals surface area contributed by atoms with Gasteiger partial charge >= 0.3 is 5.97 Å². The van der Waals surface area contributed by atoms with E-state index in [9.17, 15) is 4.79 Å². The summed E-state index contributed by atoms with van der Waals surface area (Å²) in [6, 6.07) is 0. The van der Waals surface area contributed by atoms with Gasteiger partial charge in [-0.25, -0.2) is 4.79 Å². The van der Waals surface area contributed by atoms with Gasteiger partial charge in [0.05, 0.1) is 6.61 Å². The summed E-state index contributed by atoms with van der Waals surface area (Å²) in [5, 5.41) is 0. The Morgan fingerprint density at radius 1 is 1.73 bits per heavy atom. The van der Waals surface area contributed by atoms with Crippen LogP contribution in [-0.2, 0) is 9.53 Å². The molecule has 1 rings (SSSR count). The van der Waals surface area contributed by atoms with Crippen LogP contribution in [0.5, 0.6) is 0 Å². The minimum Gasteiger partial charge on any atom is -0.462 e. The van der Waals surface area contributed by atoms with Gasteiger partial charge in [0.25, 0.3) is 0 Å². The lowest BCUT2D eigenvalue weighted by atomic mass is 10.1. The SMILES string of the molecule is CC/C(S)=C1\CCCOC1=O. The molecule has 0 aromatic rings. The summed E-state index contributed by atoms with van der Waals surface area (Å²) in [5.74, 6) is -0.178.